The predicted octanol–water partition coefficient (Wildman–Crippen LogP) is 2.52. The van der Waals surface area contributed by atoms with Crippen LogP contribution in [0.3, 0.4) is 0 Å². The van der Waals surface area contributed by atoms with Gasteiger partial charge in [0.05, 0.1) is 5.41 Å². The summed E-state index contributed by atoms with van der Waals surface area (Å²) in [5.41, 5.74) is 0.722. The van der Waals surface area contributed by atoms with Gasteiger partial charge in [-0.25, -0.2) is 4.39 Å². The molecule has 5 heteroatoms. The van der Waals surface area contributed by atoms with Gasteiger partial charge >= 0.3 is 0 Å². The Morgan fingerprint density at radius 1 is 1.37 bits per heavy atom. The molecule has 1 N–H and O–H groups in total. The number of nitrogens with zero attached hydrogens (tertiary/aromatic N) is 2. The molecule has 1 aliphatic rings. The van der Waals surface area contributed by atoms with Crippen LogP contribution in [0, 0.1) is 5.82 Å². The third-order valence-electron chi connectivity index (χ3n) is 3.90. The first kappa shape index (κ1) is 12.3. The zero-order chi connectivity index (χ0) is 13.3. The number of benzene rings is 1. The van der Waals surface area contributed by atoms with Crippen LogP contribution >= 0.6 is 0 Å². The molecule has 1 aromatic heterocycles. The average Bonchev–Trinajstić information content (AvgIpc) is 3.09. The molecule has 0 saturated carbocycles. The first-order valence-electron chi connectivity index (χ1n) is 6.54. The molecule has 1 fully saturated rings. The van der Waals surface area contributed by atoms with Crippen molar-refractivity contribution in [3.63, 3.8) is 0 Å². The van der Waals surface area contributed by atoms with Gasteiger partial charge in [-0.2, -0.15) is 4.98 Å². The van der Waals surface area contributed by atoms with E-state index >= 15 is 0 Å². The van der Waals surface area contributed by atoms with E-state index in [0.717, 1.165) is 31.5 Å². The number of aromatic nitrogens is 2. The molecule has 2 aromatic rings. The van der Waals surface area contributed by atoms with Crippen molar-refractivity contribution in [1.82, 2.24) is 15.5 Å². The van der Waals surface area contributed by atoms with E-state index in [0.29, 0.717) is 11.7 Å². The van der Waals surface area contributed by atoms with E-state index in [1.807, 2.05) is 0 Å². The van der Waals surface area contributed by atoms with Gasteiger partial charge in [-0.1, -0.05) is 12.1 Å². The van der Waals surface area contributed by atoms with Gasteiger partial charge in [0.15, 0.2) is 0 Å². The van der Waals surface area contributed by atoms with Crippen LogP contribution in [0.15, 0.2) is 28.8 Å². The SMILES string of the molecule is CCC1(c2nc(-c3ccc(F)cc3)no2)CCNC1. The van der Waals surface area contributed by atoms with Crippen molar-refractivity contribution >= 4 is 0 Å². The molecule has 1 aliphatic heterocycles. The fourth-order valence-electron chi connectivity index (χ4n) is 2.53. The van der Waals surface area contributed by atoms with E-state index in [4.69, 9.17) is 4.52 Å². The Hall–Kier alpha value is -1.75. The quantitative estimate of drug-likeness (QED) is 0.922. The minimum atomic E-state index is -0.266. The maximum atomic E-state index is 12.9. The Balaban J connectivity index is 1.92. The minimum Gasteiger partial charge on any atom is -0.338 e. The van der Waals surface area contributed by atoms with E-state index < -0.39 is 0 Å². The van der Waals surface area contributed by atoms with Crippen molar-refractivity contribution < 1.29 is 8.91 Å². The number of nitrogens with one attached hydrogen (secondary N) is 1. The summed E-state index contributed by atoms with van der Waals surface area (Å²) in [6, 6.07) is 6.13. The molecular weight excluding hydrogens is 245 g/mol. The van der Waals surface area contributed by atoms with Crippen molar-refractivity contribution in [3.8, 4) is 11.4 Å². The highest BCUT2D eigenvalue weighted by Crippen LogP contribution is 2.33. The van der Waals surface area contributed by atoms with Crippen molar-refractivity contribution in [1.29, 1.82) is 0 Å². The summed E-state index contributed by atoms with van der Waals surface area (Å²) < 4.78 is 18.3. The molecule has 0 aliphatic carbocycles. The third kappa shape index (κ3) is 2.14. The molecule has 100 valence electrons. The Labute approximate surface area is 111 Å². The summed E-state index contributed by atoms with van der Waals surface area (Å²) in [5, 5.41) is 7.36. The Kier molecular flexibility index (Phi) is 3.06. The summed E-state index contributed by atoms with van der Waals surface area (Å²) in [5.74, 6) is 0.937. The van der Waals surface area contributed by atoms with Gasteiger partial charge in [-0.15, -0.1) is 0 Å². The number of halogens is 1. The minimum absolute atomic E-state index is 0.0503. The van der Waals surface area contributed by atoms with Gasteiger partial charge in [-0.3, -0.25) is 0 Å². The molecule has 1 unspecified atom stereocenters. The third-order valence-corrected chi connectivity index (χ3v) is 3.90. The van der Waals surface area contributed by atoms with Gasteiger partial charge in [0.25, 0.3) is 0 Å². The molecular formula is C14H16FN3O. The average molecular weight is 261 g/mol. The molecule has 1 atom stereocenters. The second-order valence-electron chi connectivity index (χ2n) is 4.99. The first-order chi connectivity index (χ1) is 9.23. The largest absolute Gasteiger partial charge is 0.338 e. The smallest absolute Gasteiger partial charge is 0.234 e. The number of rotatable bonds is 3. The molecule has 1 aromatic carbocycles. The van der Waals surface area contributed by atoms with E-state index in [1.54, 1.807) is 12.1 Å². The van der Waals surface area contributed by atoms with Crippen LogP contribution in [0.2, 0.25) is 0 Å². The van der Waals surface area contributed by atoms with Gasteiger partial charge < -0.3 is 9.84 Å². The second-order valence-corrected chi connectivity index (χ2v) is 4.99. The van der Waals surface area contributed by atoms with Gasteiger partial charge in [0, 0.05) is 12.1 Å². The van der Waals surface area contributed by atoms with E-state index in [2.05, 4.69) is 22.4 Å². The molecule has 19 heavy (non-hydrogen) atoms. The second kappa shape index (κ2) is 4.74. The van der Waals surface area contributed by atoms with Crippen molar-refractivity contribution in [2.45, 2.75) is 25.2 Å². The Morgan fingerprint density at radius 3 is 2.79 bits per heavy atom. The highest BCUT2D eigenvalue weighted by atomic mass is 19.1. The van der Waals surface area contributed by atoms with Gasteiger partial charge in [0.1, 0.15) is 5.82 Å². The van der Waals surface area contributed by atoms with E-state index in [1.165, 1.54) is 12.1 Å². The fourth-order valence-corrected chi connectivity index (χ4v) is 2.53. The lowest BCUT2D eigenvalue weighted by atomic mass is 9.84. The maximum absolute atomic E-state index is 12.9. The molecule has 2 heterocycles. The summed E-state index contributed by atoms with van der Waals surface area (Å²) in [6.07, 6.45) is 1.97. The lowest BCUT2D eigenvalue weighted by Crippen LogP contribution is -2.28. The highest BCUT2D eigenvalue weighted by Gasteiger charge is 2.39. The number of hydrogen-bond donors (Lipinski definition) is 1. The summed E-state index contributed by atoms with van der Waals surface area (Å²) in [7, 11) is 0. The molecule has 0 spiro atoms. The first-order valence-corrected chi connectivity index (χ1v) is 6.54. The predicted molar refractivity (Wildman–Crippen MR) is 69.1 cm³/mol. The zero-order valence-electron chi connectivity index (χ0n) is 10.8. The van der Waals surface area contributed by atoms with Crippen molar-refractivity contribution in [2.24, 2.45) is 0 Å². The monoisotopic (exact) mass is 261 g/mol. The standard InChI is InChI=1S/C14H16FN3O/c1-2-14(7-8-16-9-14)13-17-12(18-19-13)10-3-5-11(15)6-4-10/h3-6,16H,2,7-9H2,1H3. The molecule has 3 rings (SSSR count). The van der Waals surface area contributed by atoms with E-state index in [-0.39, 0.29) is 11.2 Å². The fraction of sp³-hybridized carbons (Fsp3) is 0.429. The van der Waals surface area contributed by atoms with Crippen LogP contribution in [-0.4, -0.2) is 23.2 Å². The summed E-state index contributed by atoms with van der Waals surface area (Å²) in [6.45, 7) is 3.98. The molecule has 0 radical (unpaired) electrons. The van der Waals surface area contributed by atoms with Crippen molar-refractivity contribution in [3.05, 3.63) is 36.0 Å². The normalized spacial score (nSPS) is 22.8. The molecule has 0 amide bonds. The maximum Gasteiger partial charge on any atom is 0.234 e. The van der Waals surface area contributed by atoms with Crippen LogP contribution in [0.1, 0.15) is 25.7 Å². The lowest BCUT2D eigenvalue weighted by molar-refractivity contribution is 0.285. The van der Waals surface area contributed by atoms with Crippen LogP contribution in [0.5, 0.6) is 0 Å². The number of hydrogen-bond acceptors (Lipinski definition) is 4. The highest BCUT2D eigenvalue weighted by molar-refractivity contribution is 5.53. The van der Waals surface area contributed by atoms with Crippen LogP contribution in [0.25, 0.3) is 11.4 Å². The van der Waals surface area contributed by atoms with E-state index in [9.17, 15) is 4.39 Å². The van der Waals surface area contributed by atoms with Crippen LogP contribution in [-0.2, 0) is 5.41 Å². The Bertz CT molecular complexity index is 558. The van der Waals surface area contributed by atoms with Gasteiger partial charge in [-0.05, 0) is 43.7 Å². The van der Waals surface area contributed by atoms with Crippen LogP contribution < -0.4 is 5.32 Å². The molecule has 1 saturated heterocycles. The van der Waals surface area contributed by atoms with Crippen LogP contribution in [0.4, 0.5) is 4.39 Å². The molecule has 4 nitrogen and oxygen atoms in total. The summed E-state index contributed by atoms with van der Waals surface area (Å²) >= 11 is 0. The Morgan fingerprint density at radius 2 is 2.16 bits per heavy atom. The van der Waals surface area contributed by atoms with Crippen molar-refractivity contribution in [2.75, 3.05) is 13.1 Å². The molecule has 0 bridgehead atoms. The lowest BCUT2D eigenvalue weighted by Gasteiger charge is -2.20. The topological polar surface area (TPSA) is 51.0 Å². The zero-order valence-corrected chi connectivity index (χ0v) is 10.8. The van der Waals surface area contributed by atoms with Gasteiger partial charge in [0.2, 0.25) is 11.7 Å². The summed E-state index contributed by atoms with van der Waals surface area (Å²) in [4.78, 5) is 4.49.